The van der Waals surface area contributed by atoms with Crippen LogP contribution in [0.4, 0.5) is 4.79 Å². The highest BCUT2D eigenvalue weighted by atomic mass is 16.6. The van der Waals surface area contributed by atoms with Crippen LogP contribution in [0.5, 0.6) is 0 Å². The zero-order chi connectivity index (χ0) is 18.4. The molecule has 3 rings (SSSR count). The maximum atomic E-state index is 12.7. The van der Waals surface area contributed by atoms with Gasteiger partial charge >= 0.3 is 6.09 Å². The van der Waals surface area contributed by atoms with Crippen LogP contribution in [0.3, 0.4) is 0 Å². The minimum atomic E-state index is -0.857. The van der Waals surface area contributed by atoms with Crippen LogP contribution in [-0.2, 0) is 10.3 Å². The zero-order valence-electron chi connectivity index (χ0n) is 16.1. The summed E-state index contributed by atoms with van der Waals surface area (Å²) in [5.41, 5.74) is 1.96. The summed E-state index contributed by atoms with van der Waals surface area (Å²) in [7, 11) is 0. The lowest BCUT2D eigenvalue weighted by atomic mass is 9.71. The quantitative estimate of drug-likeness (QED) is 0.818. The number of carbonyl (C=O) groups is 1. The van der Waals surface area contributed by atoms with E-state index < -0.39 is 11.2 Å². The molecule has 2 heterocycles. The highest BCUT2D eigenvalue weighted by Gasteiger charge is 2.49. The second-order valence-electron chi connectivity index (χ2n) is 8.83. The average molecular weight is 345 g/mol. The number of carbonyl (C=O) groups excluding carboxylic acids is 1. The summed E-state index contributed by atoms with van der Waals surface area (Å²) >= 11 is 0. The van der Waals surface area contributed by atoms with Crippen molar-refractivity contribution in [1.82, 2.24) is 4.90 Å². The Morgan fingerprint density at radius 3 is 2.16 bits per heavy atom. The van der Waals surface area contributed by atoms with Crippen LogP contribution in [-0.4, -0.2) is 33.8 Å². The summed E-state index contributed by atoms with van der Waals surface area (Å²) in [5.74, 6) is 0. The summed E-state index contributed by atoms with van der Waals surface area (Å²) in [4.78, 5) is 14.6. The topological polar surface area (TPSA) is 49.8 Å². The fourth-order valence-electron chi connectivity index (χ4n) is 4.79. The third kappa shape index (κ3) is 3.55. The first-order valence-electron chi connectivity index (χ1n) is 9.41. The predicted octanol–water partition coefficient (Wildman–Crippen LogP) is 4.44. The number of hydrogen-bond donors (Lipinski definition) is 1. The van der Waals surface area contributed by atoms with Crippen LogP contribution in [0, 0.1) is 13.8 Å². The van der Waals surface area contributed by atoms with Crippen LogP contribution in [0.2, 0.25) is 0 Å². The van der Waals surface area contributed by atoms with Gasteiger partial charge in [-0.15, -0.1) is 0 Å². The molecule has 2 aliphatic rings. The lowest BCUT2D eigenvalue weighted by molar-refractivity contribution is -0.0970. The first-order chi connectivity index (χ1) is 11.6. The monoisotopic (exact) mass is 345 g/mol. The molecule has 2 aliphatic heterocycles. The normalized spacial score (nSPS) is 29.4. The maximum Gasteiger partial charge on any atom is 0.410 e. The summed E-state index contributed by atoms with van der Waals surface area (Å²) in [5, 5.41) is 11.6. The van der Waals surface area contributed by atoms with Gasteiger partial charge in [-0.2, -0.15) is 0 Å². The van der Waals surface area contributed by atoms with Crippen molar-refractivity contribution in [3.05, 3.63) is 34.9 Å². The molecule has 0 spiro atoms. The molecular formula is C21H31NO3. The number of fused-ring (bicyclic) bond motifs is 2. The van der Waals surface area contributed by atoms with Crippen LogP contribution in [0.15, 0.2) is 18.2 Å². The average Bonchev–Trinajstić information content (AvgIpc) is 2.43. The van der Waals surface area contributed by atoms with Gasteiger partial charge in [-0.1, -0.05) is 18.2 Å². The number of benzene rings is 1. The molecule has 25 heavy (non-hydrogen) atoms. The second kappa shape index (κ2) is 6.31. The third-order valence-electron chi connectivity index (χ3n) is 5.56. The van der Waals surface area contributed by atoms with Crippen LogP contribution in [0.1, 0.15) is 69.6 Å². The number of aryl methyl sites for hydroxylation is 2. The highest BCUT2D eigenvalue weighted by Crippen LogP contribution is 2.46. The van der Waals surface area contributed by atoms with Gasteiger partial charge in [-0.3, -0.25) is 0 Å². The van der Waals surface area contributed by atoms with Crippen molar-refractivity contribution in [2.75, 3.05) is 0 Å². The smallest absolute Gasteiger partial charge is 0.410 e. The zero-order valence-corrected chi connectivity index (χ0v) is 16.1. The highest BCUT2D eigenvalue weighted by molar-refractivity contribution is 5.69. The fourth-order valence-corrected chi connectivity index (χ4v) is 4.79. The molecular weight excluding hydrogens is 314 g/mol. The Morgan fingerprint density at radius 2 is 1.68 bits per heavy atom. The van der Waals surface area contributed by atoms with Crippen LogP contribution in [0.25, 0.3) is 0 Å². The molecule has 0 aromatic heterocycles. The van der Waals surface area contributed by atoms with Crippen molar-refractivity contribution in [3.8, 4) is 0 Å². The molecule has 2 fully saturated rings. The van der Waals surface area contributed by atoms with Gasteiger partial charge in [0.05, 0.1) is 5.60 Å². The first kappa shape index (κ1) is 18.2. The lowest BCUT2D eigenvalue weighted by Crippen LogP contribution is -2.59. The molecule has 4 nitrogen and oxygen atoms in total. The fraction of sp³-hybridized carbons (Fsp3) is 0.667. The second-order valence-corrected chi connectivity index (χ2v) is 8.83. The van der Waals surface area contributed by atoms with Gasteiger partial charge in [0.15, 0.2) is 0 Å². The van der Waals surface area contributed by atoms with E-state index >= 15 is 0 Å². The first-order valence-corrected chi connectivity index (χ1v) is 9.41. The van der Waals surface area contributed by atoms with E-state index in [4.69, 9.17) is 4.74 Å². The van der Waals surface area contributed by atoms with Gasteiger partial charge in [0.2, 0.25) is 0 Å². The maximum absolute atomic E-state index is 12.7. The standard InChI is InChI=1S/C21H31NO3/c1-14-8-6-9-15(2)18(14)21(24)12-16-10-7-11-17(13-21)22(16)19(23)25-20(3,4)5/h6,8-9,16-17,24H,7,10-13H2,1-5H3. The summed E-state index contributed by atoms with van der Waals surface area (Å²) in [6.45, 7) is 9.83. The van der Waals surface area contributed by atoms with E-state index in [-0.39, 0.29) is 18.2 Å². The number of rotatable bonds is 1. The molecule has 2 bridgehead atoms. The molecule has 1 aromatic carbocycles. The number of hydrogen-bond acceptors (Lipinski definition) is 3. The molecule has 0 radical (unpaired) electrons. The Labute approximate surface area is 151 Å². The van der Waals surface area contributed by atoms with Crippen molar-refractivity contribution in [2.45, 2.75) is 90.0 Å². The summed E-state index contributed by atoms with van der Waals surface area (Å²) in [6.07, 6.45) is 3.93. The molecule has 4 heteroatoms. The van der Waals surface area contributed by atoms with Crippen molar-refractivity contribution in [1.29, 1.82) is 0 Å². The van der Waals surface area contributed by atoms with E-state index in [2.05, 4.69) is 26.0 Å². The number of aliphatic hydroxyl groups is 1. The summed E-state index contributed by atoms with van der Waals surface area (Å²) < 4.78 is 5.64. The van der Waals surface area contributed by atoms with Crippen molar-refractivity contribution < 1.29 is 14.6 Å². The van der Waals surface area contributed by atoms with Crippen molar-refractivity contribution in [2.24, 2.45) is 0 Å². The minimum Gasteiger partial charge on any atom is -0.444 e. The Bertz CT molecular complexity index is 627. The van der Waals surface area contributed by atoms with Gasteiger partial charge in [0.1, 0.15) is 5.60 Å². The Kier molecular flexibility index (Phi) is 4.61. The molecule has 0 aliphatic carbocycles. The molecule has 1 amide bonds. The van der Waals surface area contributed by atoms with Gasteiger partial charge in [-0.05, 0) is 70.6 Å². The van der Waals surface area contributed by atoms with E-state index in [1.807, 2.05) is 31.7 Å². The Hall–Kier alpha value is -1.55. The Morgan fingerprint density at radius 1 is 1.16 bits per heavy atom. The molecule has 2 unspecified atom stereocenters. The van der Waals surface area contributed by atoms with E-state index in [1.165, 1.54) is 0 Å². The lowest BCUT2D eigenvalue weighted by Gasteiger charge is -2.52. The molecule has 138 valence electrons. The van der Waals surface area contributed by atoms with Crippen molar-refractivity contribution >= 4 is 6.09 Å². The van der Waals surface area contributed by atoms with Gasteiger partial charge < -0.3 is 14.7 Å². The van der Waals surface area contributed by atoms with Crippen molar-refractivity contribution in [3.63, 3.8) is 0 Å². The molecule has 1 N–H and O–H groups in total. The van der Waals surface area contributed by atoms with Crippen LogP contribution >= 0.6 is 0 Å². The van der Waals surface area contributed by atoms with Gasteiger partial charge in [0, 0.05) is 24.9 Å². The third-order valence-corrected chi connectivity index (χ3v) is 5.56. The minimum absolute atomic E-state index is 0.0476. The number of nitrogens with zero attached hydrogens (tertiary/aromatic N) is 1. The molecule has 1 aromatic rings. The van der Waals surface area contributed by atoms with Gasteiger partial charge in [-0.25, -0.2) is 4.79 Å². The molecule has 0 saturated carbocycles. The summed E-state index contributed by atoms with van der Waals surface area (Å²) in [6, 6.07) is 6.26. The SMILES string of the molecule is Cc1cccc(C)c1C1(O)CC2CCCC(C1)N2C(=O)OC(C)(C)C. The predicted molar refractivity (Wildman–Crippen MR) is 98.5 cm³/mol. The molecule has 2 saturated heterocycles. The largest absolute Gasteiger partial charge is 0.444 e. The molecule has 2 atom stereocenters. The van der Waals surface area contributed by atoms with E-state index in [0.717, 1.165) is 36.0 Å². The number of ether oxygens (including phenoxy) is 1. The Balaban J connectivity index is 1.90. The van der Waals surface area contributed by atoms with E-state index in [0.29, 0.717) is 12.8 Å². The van der Waals surface area contributed by atoms with E-state index in [9.17, 15) is 9.90 Å². The van der Waals surface area contributed by atoms with Gasteiger partial charge in [0.25, 0.3) is 0 Å². The number of amides is 1. The number of piperidine rings is 2. The van der Waals surface area contributed by atoms with Crippen LogP contribution < -0.4 is 0 Å². The van der Waals surface area contributed by atoms with E-state index in [1.54, 1.807) is 0 Å².